The number of benzene rings is 2. The van der Waals surface area contributed by atoms with Crippen molar-refractivity contribution < 1.29 is 19.4 Å². The Labute approximate surface area is 200 Å². The fourth-order valence-electron chi connectivity index (χ4n) is 3.85. The molecule has 2 aromatic rings. The smallest absolute Gasteiger partial charge is 0.309 e. The van der Waals surface area contributed by atoms with Gasteiger partial charge in [0.1, 0.15) is 17.6 Å². The van der Waals surface area contributed by atoms with E-state index in [1.54, 1.807) is 12.1 Å². The van der Waals surface area contributed by atoms with Gasteiger partial charge in [-0.25, -0.2) is 0 Å². The van der Waals surface area contributed by atoms with E-state index in [1.165, 1.54) is 30.4 Å². The predicted octanol–water partition coefficient (Wildman–Crippen LogP) is 7.75. The molecule has 1 saturated carbocycles. The summed E-state index contributed by atoms with van der Waals surface area (Å²) in [5, 5.41) is 9.01. The molecular formula is C29H42O4. The summed E-state index contributed by atoms with van der Waals surface area (Å²) in [7, 11) is 0. The lowest BCUT2D eigenvalue weighted by molar-refractivity contribution is -0.151. The number of carbonyl (C=O) groups is 1. The van der Waals surface area contributed by atoms with Gasteiger partial charge in [-0.2, -0.15) is 0 Å². The Morgan fingerprint density at radius 1 is 0.879 bits per heavy atom. The van der Waals surface area contributed by atoms with Crippen molar-refractivity contribution in [3.8, 4) is 11.5 Å². The molecule has 0 bridgehead atoms. The highest BCUT2D eigenvalue weighted by molar-refractivity contribution is 5.69. The lowest BCUT2D eigenvalue weighted by Crippen LogP contribution is -2.21. The fourth-order valence-corrected chi connectivity index (χ4v) is 3.85. The second kappa shape index (κ2) is 14.6. The number of aromatic hydroxyl groups is 1. The third kappa shape index (κ3) is 9.89. The molecule has 0 aliphatic heterocycles. The summed E-state index contributed by atoms with van der Waals surface area (Å²) < 4.78 is 11.1. The number of esters is 1. The number of phenols is 1. The summed E-state index contributed by atoms with van der Waals surface area (Å²) in [6.07, 6.45) is 8.39. The molecule has 33 heavy (non-hydrogen) atoms. The molecule has 1 fully saturated rings. The van der Waals surface area contributed by atoms with E-state index in [9.17, 15) is 4.79 Å². The number of hydrogen-bond acceptors (Lipinski definition) is 4. The number of ether oxygens (including phenoxy) is 2. The molecule has 1 N–H and O–H groups in total. The number of rotatable bonds is 9. The highest BCUT2D eigenvalue weighted by Gasteiger charge is 2.17. The van der Waals surface area contributed by atoms with Gasteiger partial charge < -0.3 is 14.6 Å². The molecule has 1 aliphatic rings. The molecule has 2 atom stereocenters. The highest BCUT2D eigenvalue weighted by Crippen LogP contribution is 2.23. The van der Waals surface area contributed by atoms with Crippen LogP contribution in [-0.4, -0.2) is 23.8 Å². The third-order valence-electron chi connectivity index (χ3n) is 6.56. The number of carbonyl (C=O) groups excluding carboxylic acids is 1. The van der Waals surface area contributed by atoms with Crippen molar-refractivity contribution in [1.29, 1.82) is 0 Å². The first kappa shape index (κ1) is 26.8. The Hall–Kier alpha value is -2.49. The van der Waals surface area contributed by atoms with Gasteiger partial charge in [-0.1, -0.05) is 58.4 Å². The van der Waals surface area contributed by atoms with Crippen molar-refractivity contribution in [2.45, 2.75) is 97.0 Å². The molecule has 4 heteroatoms. The molecule has 0 radical (unpaired) electrons. The van der Waals surface area contributed by atoms with Gasteiger partial charge >= 0.3 is 5.97 Å². The van der Waals surface area contributed by atoms with Gasteiger partial charge in [-0.3, -0.25) is 4.79 Å². The van der Waals surface area contributed by atoms with Crippen LogP contribution in [0.25, 0.3) is 0 Å². The molecule has 0 spiro atoms. The second-order valence-electron chi connectivity index (χ2n) is 9.13. The average molecular weight is 455 g/mol. The topological polar surface area (TPSA) is 55.8 Å². The van der Waals surface area contributed by atoms with Crippen molar-refractivity contribution in [3.05, 3.63) is 59.7 Å². The Morgan fingerprint density at radius 2 is 1.39 bits per heavy atom. The first-order valence-electron chi connectivity index (χ1n) is 12.6. The summed E-state index contributed by atoms with van der Waals surface area (Å²) in [4.78, 5) is 11.8. The van der Waals surface area contributed by atoms with Crippen LogP contribution in [0, 0.1) is 0 Å². The molecule has 0 aromatic heterocycles. The van der Waals surface area contributed by atoms with Crippen molar-refractivity contribution >= 4 is 5.97 Å². The first-order valence-corrected chi connectivity index (χ1v) is 12.6. The molecule has 0 amide bonds. The van der Waals surface area contributed by atoms with Gasteiger partial charge in [-0.05, 0) is 85.8 Å². The van der Waals surface area contributed by atoms with Crippen LogP contribution in [0.15, 0.2) is 48.5 Å². The summed E-state index contributed by atoms with van der Waals surface area (Å²) >= 11 is 0. The highest BCUT2D eigenvalue weighted by atomic mass is 16.5. The van der Waals surface area contributed by atoms with Crippen LogP contribution in [0.1, 0.15) is 102 Å². The quantitative estimate of drug-likeness (QED) is 0.394. The van der Waals surface area contributed by atoms with E-state index in [0.717, 1.165) is 31.4 Å². The molecule has 0 saturated heterocycles. The zero-order valence-corrected chi connectivity index (χ0v) is 20.9. The Kier molecular flexibility index (Phi) is 11.9. The van der Waals surface area contributed by atoms with Crippen molar-refractivity contribution in [3.63, 3.8) is 0 Å². The van der Waals surface area contributed by atoms with E-state index in [1.807, 2.05) is 24.3 Å². The van der Waals surface area contributed by atoms with Crippen molar-refractivity contribution in [2.75, 3.05) is 6.61 Å². The zero-order chi connectivity index (χ0) is 24.1. The SMILES string of the molecule is CCC(C)c1ccc(O)cc1.CCC(C)c1ccc(OCCC(=O)OC2CCCCC2)cc1. The number of hydrogen-bond donors (Lipinski definition) is 1. The van der Waals surface area contributed by atoms with Gasteiger partial charge in [-0.15, -0.1) is 0 Å². The zero-order valence-electron chi connectivity index (χ0n) is 20.9. The standard InChI is InChI=1S/C19H28O3.C10H14O/c1-3-15(2)16-9-11-17(12-10-16)21-14-13-19(20)22-18-7-5-4-6-8-18;1-3-8(2)9-4-6-10(11)7-5-9/h9-12,15,18H,3-8,13-14H2,1-2H3;4-8,11H,3H2,1-2H3. The van der Waals surface area contributed by atoms with Gasteiger partial charge in [0, 0.05) is 0 Å². The van der Waals surface area contributed by atoms with E-state index in [2.05, 4.69) is 39.8 Å². The summed E-state index contributed by atoms with van der Waals surface area (Å²) in [5.41, 5.74) is 2.62. The Bertz CT molecular complexity index is 791. The molecule has 2 aromatic carbocycles. The Balaban J connectivity index is 0.000000294. The molecular weight excluding hydrogens is 412 g/mol. The van der Waals surface area contributed by atoms with E-state index in [4.69, 9.17) is 14.6 Å². The van der Waals surface area contributed by atoms with Gasteiger partial charge in [0.25, 0.3) is 0 Å². The van der Waals surface area contributed by atoms with Crippen LogP contribution in [-0.2, 0) is 9.53 Å². The van der Waals surface area contributed by atoms with Gasteiger partial charge in [0.2, 0.25) is 0 Å². The maximum atomic E-state index is 11.8. The lowest BCUT2D eigenvalue weighted by Gasteiger charge is -2.21. The van der Waals surface area contributed by atoms with Crippen LogP contribution in [0.5, 0.6) is 11.5 Å². The normalized spacial score (nSPS) is 15.6. The first-order chi connectivity index (χ1) is 15.9. The largest absolute Gasteiger partial charge is 0.508 e. The summed E-state index contributed by atoms with van der Waals surface area (Å²) in [5.74, 6) is 2.19. The summed E-state index contributed by atoms with van der Waals surface area (Å²) in [6, 6.07) is 15.6. The maximum absolute atomic E-state index is 11.8. The second-order valence-corrected chi connectivity index (χ2v) is 9.13. The van der Waals surface area contributed by atoms with Gasteiger partial charge in [0.15, 0.2) is 0 Å². The monoisotopic (exact) mass is 454 g/mol. The molecule has 2 unspecified atom stereocenters. The summed E-state index contributed by atoms with van der Waals surface area (Å²) in [6.45, 7) is 9.14. The van der Waals surface area contributed by atoms with Crippen LogP contribution >= 0.6 is 0 Å². The molecule has 4 nitrogen and oxygen atoms in total. The van der Waals surface area contributed by atoms with Crippen LogP contribution < -0.4 is 4.74 Å². The average Bonchev–Trinajstić information content (AvgIpc) is 2.85. The van der Waals surface area contributed by atoms with E-state index in [0.29, 0.717) is 30.6 Å². The van der Waals surface area contributed by atoms with E-state index >= 15 is 0 Å². The minimum atomic E-state index is -0.136. The molecule has 182 valence electrons. The minimum Gasteiger partial charge on any atom is -0.508 e. The van der Waals surface area contributed by atoms with Crippen molar-refractivity contribution in [2.24, 2.45) is 0 Å². The lowest BCUT2D eigenvalue weighted by atomic mass is 9.98. The third-order valence-corrected chi connectivity index (χ3v) is 6.56. The fraction of sp³-hybridized carbons (Fsp3) is 0.552. The van der Waals surface area contributed by atoms with Gasteiger partial charge in [0.05, 0.1) is 13.0 Å². The molecule has 1 aliphatic carbocycles. The van der Waals surface area contributed by atoms with E-state index in [-0.39, 0.29) is 12.1 Å². The number of phenolic OH excluding ortho intramolecular Hbond substituents is 1. The maximum Gasteiger partial charge on any atom is 0.309 e. The van der Waals surface area contributed by atoms with Crippen LogP contribution in [0.3, 0.4) is 0 Å². The Morgan fingerprint density at radius 3 is 1.91 bits per heavy atom. The predicted molar refractivity (Wildman–Crippen MR) is 135 cm³/mol. The van der Waals surface area contributed by atoms with Crippen LogP contribution in [0.4, 0.5) is 0 Å². The molecule has 0 heterocycles. The van der Waals surface area contributed by atoms with Crippen LogP contribution in [0.2, 0.25) is 0 Å². The van der Waals surface area contributed by atoms with E-state index < -0.39 is 0 Å². The van der Waals surface area contributed by atoms with Crippen molar-refractivity contribution in [1.82, 2.24) is 0 Å². The minimum absolute atomic E-state index is 0.135. The molecule has 3 rings (SSSR count).